The van der Waals surface area contributed by atoms with Crippen LogP contribution in [0.1, 0.15) is 10.4 Å². The number of rotatable bonds is 3. The predicted octanol–water partition coefficient (Wildman–Crippen LogP) is 3.48. The Morgan fingerprint density at radius 2 is 1.95 bits per heavy atom. The van der Waals surface area contributed by atoms with E-state index in [2.05, 4.69) is 9.72 Å². The van der Waals surface area contributed by atoms with Crippen LogP contribution in [0.3, 0.4) is 0 Å². The summed E-state index contributed by atoms with van der Waals surface area (Å²) in [6.45, 7) is 0. The number of ether oxygens (including phenoxy) is 1. The summed E-state index contributed by atoms with van der Waals surface area (Å²) in [4.78, 5) is 14.5. The molecule has 0 unspecified atom stereocenters. The van der Waals surface area contributed by atoms with E-state index in [1.807, 2.05) is 0 Å². The maximum atomic E-state index is 14.0. The molecule has 0 saturated carbocycles. The van der Waals surface area contributed by atoms with Crippen molar-refractivity contribution in [1.29, 1.82) is 0 Å². The predicted molar refractivity (Wildman–Crippen MR) is 63.3 cm³/mol. The number of carboxylic acid groups (broad SMARTS) is 1. The maximum Gasteiger partial charge on any atom is 0.573 e. The lowest BCUT2D eigenvalue weighted by Crippen LogP contribution is -2.17. The van der Waals surface area contributed by atoms with Gasteiger partial charge in [-0.25, -0.2) is 9.18 Å². The Labute approximate surface area is 115 Å². The van der Waals surface area contributed by atoms with Crippen LogP contribution in [0.5, 0.6) is 5.75 Å². The quantitative estimate of drug-likeness (QED) is 0.882. The van der Waals surface area contributed by atoms with Gasteiger partial charge in [0.1, 0.15) is 11.4 Å². The molecule has 0 atom stereocenters. The van der Waals surface area contributed by atoms with Gasteiger partial charge in [0, 0.05) is 11.8 Å². The fourth-order valence-electron chi connectivity index (χ4n) is 1.65. The van der Waals surface area contributed by atoms with Crippen molar-refractivity contribution in [2.24, 2.45) is 0 Å². The van der Waals surface area contributed by atoms with Crippen LogP contribution in [0.4, 0.5) is 17.6 Å². The molecule has 1 aromatic heterocycles. The van der Waals surface area contributed by atoms with Crippen molar-refractivity contribution < 1.29 is 32.2 Å². The number of benzene rings is 1. The summed E-state index contributed by atoms with van der Waals surface area (Å²) in [5, 5.41) is 8.80. The Morgan fingerprint density at radius 1 is 1.24 bits per heavy atom. The second-order valence-electron chi connectivity index (χ2n) is 3.90. The Kier molecular flexibility index (Phi) is 3.79. The first kappa shape index (κ1) is 14.8. The molecule has 0 fully saturated rings. The maximum absolute atomic E-state index is 14.0. The van der Waals surface area contributed by atoms with Crippen LogP contribution < -0.4 is 4.74 Å². The van der Waals surface area contributed by atoms with Crippen LogP contribution in [0, 0.1) is 5.82 Å². The smallest absolute Gasteiger partial charge is 0.478 e. The Morgan fingerprint density at radius 3 is 2.57 bits per heavy atom. The van der Waals surface area contributed by atoms with E-state index in [4.69, 9.17) is 5.11 Å². The van der Waals surface area contributed by atoms with Gasteiger partial charge < -0.3 is 9.84 Å². The van der Waals surface area contributed by atoms with Gasteiger partial charge in [0.05, 0.1) is 5.56 Å². The van der Waals surface area contributed by atoms with Gasteiger partial charge in [-0.3, -0.25) is 4.98 Å². The van der Waals surface area contributed by atoms with Gasteiger partial charge in [0.2, 0.25) is 0 Å². The second-order valence-corrected chi connectivity index (χ2v) is 3.90. The SMILES string of the molecule is O=C(O)c1ccnc(-c2cccc(OC(F)(F)F)c2)c1F. The third kappa shape index (κ3) is 3.47. The van der Waals surface area contributed by atoms with Gasteiger partial charge in [0.15, 0.2) is 5.82 Å². The molecule has 1 aromatic carbocycles. The minimum Gasteiger partial charge on any atom is -0.478 e. The lowest BCUT2D eigenvalue weighted by Gasteiger charge is -2.10. The zero-order valence-electron chi connectivity index (χ0n) is 10.2. The molecule has 0 radical (unpaired) electrons. The Bertz CT molecular complexity index is 685. The third-order valence-corrected chi connectivity index (χ3v) is 2.46. The molecular formula is C13H7F4NO3. The van der Waals surface area contributed by atoms with Crippen LogP contribution in [0.25, 0.3) is 11.3 Å². The highest BCUT2D eigenvalue weighted by Gasteiger charge is 2.31. The largest absolute Gasteiger partial charge is 0.573 e. The molecule has 21 heavy (non-hydrogen) atoms. The van der Waals surface area contributed by atoms with E-state index >= 15 is 0 Å². The number of nitrogens with zero attached hydrogens (tertiary/aromatic N) is 1. The number of aromatic nitrogens is 1. The summed E-state index contributed by atoms with van der Waals surface area (Å²) >= 11 is 0. The van der Waals surface area contributed by atoms with Crippen molar-refractivity contribution in [3.63, 3.8) is 0 Å². The first-order valence-corrected chi connectivity index (χ1v) is 5.52. The summed E-state index contributed by atoms with van der Waals surface area (Å²) in [6, 6.07) is 5.42. The number of carbonyl (C=O) groups is 1. The first-order valence-electron chi connectivity index (χ1n) is 5.52. The average Bonchev–Trinajstić information content (AvgIpc) is 2.36. The molecule has 0 aliphatic rings. The molecule has 110 valence electrons. The highest BCUT2D eigenvalue weighted by Crippen LogP contribution is 2.29. The molecular weight excluding hydrogens is 294 g/mol. The molecule has 0 aliphatic carbocycles. The van der Waals surface area contributed by atoms with Crippen molar-refractivity contribution >= 4 is 5.97 Å². The van der Waals surface area contributed by atoms with Crippen molar-refractivity contribution in [2.45, 2.75) is 6.36 Å². The summed E-state index contributed by atoms with van der Waals surface area (Å²) in [5.74, 6) is -3.19. The lowest BCUT2D eigenvalue weighted by atomic mass is 10.1. The van der Waals surface area contributed by atoms with Gasteiger partial charge in [-0.15, -0.1) is 13.2 Å². The number of carboxylic acids is 1. The Balaban J connectivity index is 2.46. The zero-order chi connectivity index (χ0) is 15.6. The van der Waals surface area contributed by atoms with Crippen molar-refractivity contribution in [2.75, 3.05) is 0 Å². The van der Waals surface area contributed by atoms with Gasteiger partial charge in [-0.1, -0.05) is 12.1 Å². The molecule has 0 bridgehead atoms. The summed E-state index contributed by atoms with van der Waals surface area (Å²) in [5.41, 5.74) is -1.03. The molecule has 8 heteroatoms. The second kappa shape index (κ2) is 5.39. The molecule has 0 aliphatic heterocycles. The van der Waals surface area contributed by atoms with Crippen LogP contribution >= 0.6 is 0 Å². The highest BCUT2D eigenvalue weighted by atomic mass is 19.4. The Hall–Kier alpha value is -2.64. The van der Waals surface area contributed by atoms with Crippen molar-refractivity contribution in [3.8, 4) is 17.0 Å². The fourth-order valence-corrected chi connectivity index (χ4v) is 1.65. The van der Waals surface area contributed by atoms with E-state index in [1.165, 1.54) is 12.1 Å². The number of halogens is 4. The molecule has 0 saturated heterocycles. The van der Waals surface area contributed by atoms with E-state index in [9.17, 15) is 22.4 Å². The summed E-state index contributed by atoms with van der Waals surface area (Å²) < 4.78 is 54.1. The minimum absolute atomic E-state index is 0.0302. The average molecular weight is 301 g/mol. The van der Waals surface area contributed by atoms with Crippen molar-refractivity contribution in [3.05, 3.63) is 47.9 Å². The van der Waals surface area contributed by atoms with Gasteiger partial charge >= 0.3 is 12.3 Å². The zero-order valence-corrected chi connectivity index (χ0v) is 10.2. The standard InChI is InChI=1S/C13H7F4NO3/c14-10-9(12(19)20)4-5-18-11(10)7-2-1-3-8(6-7)21-13(15,16)17/h1-6H,(H,19,20). The van der Waals surface area contributed by atoms with Crippen molar-refractivity contribution in [1.82, 2.24) is 4.98 Å². The molecule has 1 N–H and O–H groups in total. The number of hydrogen-bond acceptors (Lipinski definition) is 3. The normalized spacial score (nSPS) is 11.2. The molecule has 1 heterocycles. The number of aromatic carboxylic acids is 1. The lowest BCUT2D eigenvalue weighted by molar-refractivity contribution is -0.274. The number of hydrogen-bond donors (Lipinski definition) is 1. The molecule has 4 nitrogen and oxygen atoms in total. The molecule has 0 amide bonds. The van der Waals surface area contributed by atoms with Crippen LogP contribution in [0.15, 0.2) is 36.5 Å². The fraction of sp³-hybridized carbons (Fsp3) is 0.0769. The monoisotopic (exact) mass is 301 g/mol. The highest BCUT2D eigenvalue weighted by molar-refractivity contribution is 5.89. The van der Waals surface area contributed by atoms with Gasteiger partial charge in [-0.2, -0.15) is 0 Å². The number of pyridine rings is 1. The van der Waals surface area contributed by atoms with Gasteiger partial charge in [-0.05, 0) is 18.2 Å². The summed E-state index contributed by atoms with van der Waals surface area (Å²) in [7, 11) is 0. The molecule has 2 aromatic rings. The topological polar surface area (TPSA) is 59.4 Å². The number of alkyl halides is 3. The first-order chi connectivity index (χ1) is 9.78. The van der Waals surface area contributed by atoms with E-state index in [0.29, 0.717) is 0 Å². The third-order valence-electron chi connectivity index (χ3n) is 2.46. The van der Waals surface area contributed by atoms with Gasteiger partial charge in [0.25, 0.3) is 0 Å². The van der Waals surface area contributed by atoms with E-state index in [-0.39, 0.29) is 11.3 Å². The van der Waals surface area contributed by atoms with E-state index < -0.39 is 29.5 Å². The molecule has 0 spiro atoms. The minimum atomic E-state index is -4.88. The summed E-state index contributed by atoms with van der Waals surface area (Å²) in [6.07, 6.45) is -3.83. The molecule has 2 rings (SSSR count). The van der Waals surface area contributed by atoms with E-state index in [0.717, 1.165) is 24.4 Å². The van der Waals surface area contributed by atoms with Crippen LogP contribution in [-0.4, -0.2) is 22.4 Å². The van der Waals surface area contributed by atoms with Crippen LogP contribution in [0.2, 0.25) is 0 Å². The van der Waals surface area contributed by atoms with Crippen LogP contribution in [-0.2, 0) is 0 Å². The van der Waals surface area contributed by atoms with E-state index in [1.54, 1.807) is 0 Å².